The van der Waals surface area contributed by atoms with Gasteiger partial charge >= 0.3 is 0 Å². The molecule has 3 nitrogen and oxygen atoms in total. The van der Waals surface area contributed by atoms with Crippen molar-refractivity contribution in [3.8, 4) is 0 Å². The molecule has 1 radical (unpaired) electrons. The Morgan fingerprint density at radius 3 is 2.45 bits per heavy atom. The van der Waals surface area contributed by atoms with Gasteiger partial charge in [-0.3, -0.25) is 0 Å². The predicted octanol–water partition coefficient (Wildman–Crippen LogP) is 0.928. The molecular formula is C7H16NO2S. The van der Waals surface area contributed by atoms with E-state index >= 15 is 0 Å². The zero-order valence-electron chi connectivity index (χ0n) is 7.13. The van der Waals surface area contributed by atoms with Crippen LogP contribution < -0.4 is 4.72 Å². The summed E-state index contributed by atoms with van der Waals surface area (Å²) in [6, 6.07) is -0.239. The van der Waals surface area contributed by atoms with Crippen molar-refractivity contribution in [2.75, 3.05) is 5.75 Å². The molecule has 0 spiro atoms. The van der Waals surface area contributed by atoms with Crippen molar-refractivity contribution in [1.29, 1.82) is 0 Å². The van der Waals surface area contributed by atoms with E-state index in [9.17, 15) is 8.42 Å². The molecule has 4 heteroatoms. The SMILES string of the molecule is [CH2]C(C)NS(=O)(=O)CCCC. The summed E-state index contributed by atoms with van der Waals surface area (Å²) in [5, 5.41) is 0. The van der Waals surface area contributed by atoms with Crippen LogP contribution in [0.15, 0.2) is 0 Å². The Hall–Kier alpha value is -0.0900. The van der Waals surface area contributed by atoms with Crippen LogP contribution in [0.5, 0.6) is 0 Å². The third kappa shape index (κ3) is 6.31. The van der Waals surface area contributed by atoms with Gasteiger partial charge in [0, 0.05) is 6.04 Å². The standard InChI is InChI=1S/C7H16NO2S/c1-4-5-6-11(9,10)8-7(2)3/h7-8H,2,4-6H2,1,3H3. The van der Waals surface area contributed by atoms with Crippen LogP contribution >= 0.6 is 0 Å². The minimum absolute atomic E-state index is 0.212. The summed E-state index contributed by atoms with van der Waals surface area (Å²) in [6.45, 7) is 7.21. The number of nitrogens with one attached hydrogen (secondary N) is 1. The maximum atomic E-state index is 11.0. The Kier molecular flexibility index (Phi) is 4.68. The second-order valence-corrected chi connectivity index (χ2v) is 4.56. The lowest BCUT2D eigenvalue weighted by atomic mass is 10.4. The van der Waals surface area contributed by atoms with E-state index in [0.717, 1.165) is 6.42 Å². The molecule has 0 aromatic heterocycles. The first-order chi connectivity index (χ1) is 4.98. The normalized spacial score (nSPS) is 12.4. The largest absolute Gasteiger partial charge is 0.212 e. The molecule has 0 rings (SSSR count). The van der Waals surface area contributed by atoms with Crippen molar-refractivity contribution in [3.63, 3.8) is 0 Å². The van der Waals surface area contributed by atoms with E-state index in [-0.39, 0.29) is 11.8 Å². The Balaban J connectivity index is 3.82. The van der Waals surface area contributed by atoms with Crippen molar-refractivity contribution in [2.24, 2.45) is 0 Å². The highest BCUT2D eigenvalue weighted by Gasteiger charge is 2.09. The highest BCUT2D eigenvalue weighted by molar-refractivity contribution is 7.89. The lowest BCUT2D eigenvalue weighted by molar-refractivity contribution is 0.572. The molecule has 0 saturated carbocycles. The maximum Gasteiger partial charge on any atom is 0.211 e. The lowest BCUT2D eigenvalue weighted by Gasteiger charge is -2.07. The van der Waals surface area contributed by atoms with E-state index in [2.05, 4.69) is 11.6 Å². The minimum atomic E-state index is -3.06. The van der Waals surface area contributed by atoms with Gasteiger partial charge in [-0.1, -0.05) is 13.3 Å². The summed E-state index contributed by atoms with van der Waals surface area (Å²) in [6.07, 6.45) is 1.61. The molecule has 1 atom stereocenters. The number of sulfonamides is 1. The van der Waals surface area contributed by atoms with Crippen molar-refractivity contribution >= 4 is 10.0 Å². The summed E-state index contributed by atoms with van der Waals surface area (Å²) in [4.78, 5) is 0. The van der Waals surface area contributed by atoms with Crippen LogP contribution in [-0.2, 0) is 10.0 Å². The molecule has 0 amide bonds. The molecule has 0 aliphatic rings. The summed E-state index contributed by atoms with van der Waals surface area (Å²) in [5.41, 5.74) is 0. The van der Waals surface area contributed by atoms with Crippen LogP contribution in [0.4, 0.5) is 0 Å². The zero-order chi connectivity index (χ0) is 8.91. The molecule has 0 fully saturated rings. The fourth-order valence-corrected chi connectivity index (χ4v) is 2.10. The summed E-state index contributed by atoms with van der Waals surface area (Å²) in [5.74, 6) is 0.212. The van der Waals surface area contributed by atoms with Gasteiger partial charge in [0.2, 0.25) is 10.0 Å². The number of unbranched alkanes of at least 4 members (excludes halogenated alkanes) is 1. The molecule has 0 aromatic rings. The molecule has 0 bridgehead atoms. The summed E-state index contributed by atoms with van der Waals surface area (Å²) in [7, 11) is -3.06. The molecule has 0 aromatic carbocycles. The molecule has 0 heterocycles. The average Bonchev–Trinajstić information content (AvgIpc) is 1.81. The quantitative estimate of drug-likeness (QED) is 0.680. The smallest absolute Gasteiger partial charge is 0.211 e. The van der Waals surface area contributed by atoms with Gasteiger partial charge in [0.1, 0.15) is 0 Å². The van der Waals surface area contributed by atoms with E-state index in [1.165, 1.54) is 0 Å². The van der Waals surface area contributed by atoms with E-state index < -0.39 is 10.0 Å². The maximum absolute atomic E-state index is 11.0. The van der Waals surface area contributed by atoms with Crippen molar-refractivity contribution < 1.29 is 8.42 Å². The van der Waals surface area contributed by atoms with Crippen LogP contribution in [-0.4, -0.2) is 20.2 Å². The number of hydrogen-bond donors (Lipinski definition) is 1. The first-order valence-electron chi connectivity index (χ1n) is 3.81. The highest BCUT2D eigenvalue weighted by atomic mass is 32.2. The van der Waals surface area contributed by atoms with Crippen LogP contribution in [0.3, 0.4) is 0 Å². The second-order valence-electron chi connectivity index (χ2n) is 2.69. The third-order valence-electron chi connectivity index (χ3n) is 1.15. The average molecular weight is 178 g/mol. The Labute approximate surface area is 69.2 Å². The first-order valence-corrected chi connectivity index (χ1v) is 5.46. The predicted molar refractivity (Wildman–Crippen MR) is 46.6 cm³/mol. The third-order valence-corrected chi connectivity index (χ3v) is 2.73. The first kappa shape index (κ1) is 10.9. The van der Waals surface area contributed by atoms with Gasteiger partial charge in [-0.15, -0.1) is 0 Å². The fourth-order valence-electron chi connectivity index (χ4n) is 0.700. The van der Waals surface area contributed by atoms with E-state index in [1.807, 2.05) is 6.92 Å². The molecule has 0 saturated heterocycles. The van der Waals surface area contributed by atoms with Gasteiger partial charge in [-0.05, 0) is 20.3 Å². The van der Waals surface area contributed by atoms with E-state index in [0.29, 0.717) is 6.42 Å². The van der Waals surface area contributed by atoms with Gasteiger partial charge in [-0.2, -0.15) is 0 Å². The van der Waals surface area contributed by atoms with Gasteiger partial charge in [0.05, 0.1) is 5.75 Å². The minimum Gasteiger partial charge on any atom is -0.212 e. The van der Waals surface area contributed by atoms with Crippen LogP contribution in [0.25, 0.3) is 0 Å². The fraction of sp³-hybridized carbons (Fsp3) is 0.857. The van der Waals surface area contributed by atoms with Crippen molar-refractivity contribution in [3.05, 3.63) is 6.92 Å². The number of rotatable bonds is 5. The highest BCUT2D eigenvalue weighted by Crippen LogP contribution is 1.94. The van der Waals surface area contributed by atoms with E-state index in [4.69, 9.17) is 0 Å². The molecule has 0 aliphatic heterocycles. The molecule has 1 N–H and O–H groups in total. The van der Waals surface area contributed by atoms with Crippen LogP contribution in [0.2, 0.25) is 0 Å². The topological polar surface area (TPSA) is 46.2 Å². The van der Waals surface area contributed by atoms with Gasteiger partial charge in [0.25, 0.3) is 0 Å². The van der Waals surface area contributed by atoms with Gasteiger partial charge < -0.3 is 0 Å². The summed E-state index contributed by atoms with van der Waals surface area (Å²) < 4.78 is 24.5. The monoisotopic (exact) mass is 178 g/mol. The zero-order valence-corrected chi connectivity index (χ0v) is 7.95. The second kappa shape index (κ2) is 4.72. The summed E-state index contributed by atoms with van der Waals surface area (Å²) >= 11 is 0. The van der Waals surface area contributed by atoms with Crippen molar-refractivity contribution in [1.82, 2.24) is 4.72 Å². The molecule has 1 unspecified atom stereocenters. The molecule has 67 valence electrons. The van der Waals surface area contributed by atoms with Crippen LogP contribution in [0, 0.1) is 6.92 Å². The van der Waals surface area contributed by atoms with Crippen molar-refractivity contribution in [2.45, 2.75) is 32.7 Å². The van der Waals surface area contributed by atoms with Crippen LogP contribution in [0.1, 0.15) is 26.7 Å². The molecule has 0 aliphatic carbocycles. The van der Waals surface area contributed by atoms with Gasteiger partial charge in [0.15, 0.2) is 0 Å². The Bertz CT molecular complexity index is 185. The Morgan fingerprint density at radius 1 is 1.55 bits per heavy atom. The Morgan fingerprint density at radius 2 is 2.09 bits per heavy atom. The number of hydrogen-bond acceptors (Lipinski definition) is 2. The molecule has 11 heavy (non-hydrogen) atoms. The van der Waals surface area contributed by atoms with Gasteiger partial charge in [-0.25, -0.2) is 13.1 Å². The van der Waals surface area contributed by atoms with E-state index in [1.54, 1.807) is 6.92 Å². The lowest BCUT2D eigenvalue weighted by Crippen LogP contribution is -2.32. The molecular weight excluding hydrogens is 162 g/mol.